The van der Waals surface area contributed by atoms with E-state index in [-0.39, 0.29) is 50.8 Å². The molecular weight excluding hydrogens is 496 g/mol. The molecule has 2 aromatic carbocycles. The first-order valence-electron chi connectivity index (χ1n) is 10.9. The molecule has 6 N–H and O–H groups in total. The number of benzene rings is 2. The Morgan fingerprint density at radius 3 is 2.19 bits per heavy atom. The minimum absolute atomic E-state index is 0.0535. The van der Waals surface area contributed by atoms with Crippen molar-refractivity contribution in [3.8, 4) is 45.6 Å². The van der Waals surface area contributed by atoms with Crippen molar-refractivity contribution in [1.82, 2.24) is 0 Å². The Balaban J connectivity index is 1.81. The molecule has 0 spiro atoms. The van der Waals surface area contributed by atoms with Crippen molar-refractivity contribution in [3.63, 3.8) is 0 Å². The van der Waals surface area contributed by atoms with Gasteiger partial charge in [-0.05, 0) is 6.07 Å². The van der Waals surface area contributed by atoms with Gasteiger partial charge in [-0.15, -0.1) is 0 Å². The van der Waals surface area contributed by atoms with Gasteiger partial charge >= 0.3 is 0 Å². The lowest BCUT2D eigenvalue weighted by molar-refractivity contribution is -0.277. The molecule has 0 bridgehead atoms. The van der Waals surface area contributed by atoms with Gasteiger partial charge in [-0.3, -0.25) is 4.79 Å². The van der Waals surface area contributed by atoms with Crippen LogP contribution in [-0.2, 0) is 4.74 Å². The Labute approximate surface area is 209 Å². The van der Waals surface area contributed by atoms with Crippen LogP contribution in [0.4, 0.5) is 0 Å². The van der Waals surface area contributed by atoms with Gasteiger partial charge in [0.1, 0.15) is 47.4 Å². The summed E-state index contributed by atoms with van der Waals surface area (Å²) in [6.45, 7) is -0.674. The molecule has 0 saturated carbocycles. The Morgan fingerprint density at radius 2 is 1.57 bits per heavy atom. The molecule has 13 heteroatoms. The van der Waals surface area contributed by atoms with Gasteiger partial charge in [-0.25, -0.2) is 0 Å². The molecule has 2 heterocycles. The minimum atomic E-state index is -1.73. The van der Waals surface area contributed by atoms with E-state index < -0.39 is 48.5 Å². The van der Waals surface area contributed by atoms with E-state index in [0.717, 1.165) is 6.26 Å². The highest BCUT2D eigenvalue weighted by Crippen LogP contribution is 2.44. The molecule has 3 aromatic rings. The maximum absolute atomic E-state index is 13.4. The van der Waals surface area contributed by atoms with Gasteiger partial charge < -0.3 is 58.7 Å². The number of fused-ring (bicyclic) bond motifs is 1. The lowest BCUT2D eigenvalue weighted by atomic mass is 9.99. The van der Waals surface area contributed by atoms with Crippen LogP contribution >= 0.6 is 0 Å². The van der Waals surface area contributed by atoms with Crippen molar-refractivity contribution < 1.29 is 58.7 Å². The molecule has 0 radical (unpaired) electrons. The summed E-state index contributed by atoms with van der Waals surface area (Å²) in [7, 11) is 3.91. The lowest BCUT2D eigenvalue weighted by Crippen LogP contribution is -2.60. The van der Waals surface area contributed by atoms with Crippen molar-refractivity contribution >= 4 is 11.0 Å². The number of hydrogen-bond donors (Lipinski definition) is 6. The summed E-state index contributed by atoms with van der Waals surface area (Å²) < 4.78 is 32.1. The van der Waals surface area contributed by atoms with Crippen molar-refractivity contribution in [2.45, 2.75) is 30.7 Å². The molecule has 0 unspecified atom stereocenters. The van der Waals surface area contributed by atoms with Crippen LogP contribution < -0.4 is 24.4 Å². The summed E-state index contributed by atoms with van der Waals surface area (Å²) in [5.74, 6) is -1.17. The van der Waals surface area contributed by atoms with Crippen molar-refractivity contribution in [3.05, 3.63) is 34.7 Å². The summed E-state index contributed by atoms with van der Waals surface area (Å²) in [5.41, 5.74) is -0.721. The maximum atomic E-state index is 13.4. The average molecular weight is 522 g/mol. The number of aliphatic hydroxyl groups is 4. The summed E-state index contributed by atoms with van der Waals surface area (Å²) in [6, 6.07) is 3.83. The van der Waals surface area contributed by atoms with E-state index in [4.69, 9.17) is 28.1 Å². The average Bonchev–Trinajstić information content (AvgIpc) is 2.89. The molecule has 200 valence electrons. The van der Waals surface area contributed by atoms with Crippen LogP contribution in [0.5, 0.6) is 34.5 Å². The van der Waals surface area contributed by atoms with Crippen LogP contribution in [0.2, 0.25) is 0 Å². The van der Waals surface area contributed by atoms with Gasteiger partial charge in [-0.2, -0.15) is 0 Å². The highest BCUT2D eigenvalue weighted by atomic mass is 16.7. The van der Waals surface area contributed by atoms with E-state index in [1.807, 2.05) is 0 Å². The van der Waals surface area contributed by atoms with E-state index >= 15 is 0 Å². The third-order valence-corrected chi connectivity index (χ3v) is 6.05. The van der Waals surface area contributed by atoms with Crippen LogP contribution in [0.25, 0.3) is 22.1 Å². The van der Waals surface area contributed by atoms with Crippen LogP contribution in [0.1, 0.15) is 0 Å². The molecule has 1 aromatic heterocycles. The summed E-state index contributed by atoms with van der Waals surface area (Å²) >= 11 is 0. The summed E-state index contributed by atoms with van der Waals surface area (Å²) in [6.07, 6.45) is -6.76. The minimum Gasteiger partial charge on any atom is -0.504 e. The number of phenols is 2. The van der Waals surface area contributed by atoms with Crippen molar-refractivity contribution in [1.29, 1.82) is 0 Å². The van der Waals surface area contributed by atoms with E-state index in [2.05, 4.69) is 0 Å². The van der Waals surface area contributed by atoms with Crippen LogP contribution in [-0.4, -0.2) is 89.3 Å². The van der Waals surface area contributed by atoms with Gasteiger partial charge in [-0.1, -0.05) is 0 Å². The van der Waals surface area contributed by atoms with Gasteiger partial charge in [0.05, 0.1) is 33.5 Å². The molecule has 37 heavy (non-hydrogen) atoms. The quantitative estimate of drug-likeness (QED) is 0.244. The molecule has 5 atom stereocenters. The molecule has 0 aliphatic carbocycles. The van der Waals surface area contributed by atoms with Crippen LogP contribution in [0.3, 0.4) is 0 Å². The number of phenolic OH excluding ortho intramolecular Hbond substituents is 2. The highest BCUT2D eigenvalue weighted by Gasteiger charge is 2.45. The standard InChI is InChI=1S/C24H26O13/c1-32-12-5-13(33-2)11(26)4-9(12)10-8-35-14-6-15(23(34-3)20(29)17(14)18(10)27)36-24-22(31)21(30)19(28)16(7-25)37-24/h4-6,8,16,19,21-22,24-26,28-31H,7H2,1-3H3/t16-,19+,21+,22+,24+/m0/s1. The first-order valence-corrected chi connectivity index (χ1v) is 10.9. The monoisotopic (exact) mass is 522 g/mol. The SMILES string of the molecule is COc1cc(OC)c(-c2coc3cc(O[C@@H]4O[C@@H](CO)[C@@H](O)[C@@H](O)[C@H]4O)c(OC)c(O)c3c2=O)cc1O. The zero-order chi connectivity index (χ0) is 27.0. The first kappa shape index (κ1) is 26.3. The largest absolute Gasteiger partial charge is 0.504 e. The second-order valence-corrected chi connectivity index (χ2v) is 8.15. The fourth-order valence-electron chi connectivity index (χ4n) is 4.08. The molecular formula is C24H26O13. The topological polar surface area (TPSA) is 198 Å². The third-order valence-electron chi connectivity index (χ3n) is 6.05. The highest BCUT2D eigenvalue weighted by molar-refractivity contribution is 5.92. The zero-order valence-corrected chi connectivity index (χ0v) is 19.9. The van der Waals surface area contributed by atoms with Gasteiger partial charge in [0, 0.05) is 17.7 Å². The van der Waals surface area contributed by atoms with E-state index in [9.17, 15) is 35.4 Å². The molecule has 1 fully saturated rings. The molecule has 1 saturated heterocycles. The van der Waals surface area contributed by atoms with Crippen molar-refractivity contribution in [2.24, 2.45) is 0 Å². The predicted octanol–water partition coefficient (Wildman–Crippen LogP) is 0.0757. The number of rotatable bonds is 7. The predicted molar refractivity (Wildman–Crippen MR) is 125 cm³/mol. The smallest absolute Gasteiger partial charge is 0.229 e. The fourth-order valence-corrected chi connectivity index (χ4v) is 4.08. The third kappa shape index (κ3) is 4.47. The maximum Gasteiger partial charge on any atom is 0.229 e. The second kappa shape index (κ2) is 10.3. The van der Waals surface area contributed by atoms with Gasteiger partial charge in [0.15, 0.2) is 23.0 Å². The first-order chi connectivity index (χ1) is 17.7. The van der Waals surface area contributed by atoms with Gasteiger partial charge in [0.2, 0.25) is 17.5 Å². The van der Waals surface area contributed by atoms with E-state index in [1.54, 1.807) is 0 Å². The van der Waals surface area contributed by atoms with Crippen molar-refractivity contribution in [2.75, 3.05) is 27.9 Å². The Hall–Kier alpha value is -3.75. The number of aromatic hydroxyl groups is 2. The van der Waals surface area contributed by atoms with E-state index in [0.29, 0.717) is 0 Å². The number of ether oxygens (including phenoxy) is 5. The number of methoxy groups -OCH3 is 3. The summed E-state index contributed by atoms with van der Waals surface area (Å²) in [5, 5.41) is 60.5. The normalized spacial score (nSPS) is 23.6. The second-order valence-electron chi connectivity index (χ2n) is 8.15. The Bertz CT molecular complexity index is 1350. The van der Waals surface area contributed by atoms with Gasteiger partial charge in [0.25, 0.3) is 0 Å². The molecule has 0 amide bonds. The van der Waals surface area contributed by atoms with E-state index in [1.165, 1.54) is 39.5 Å². The zero-order valence-electron chi connectivity index (χ0n) is 19.9. The lowest BCUT2D eigenvalue weighted by Gasteiger charge is -2.39. The summed E-state index contributed by atoms with van der Waals surface area (Å²) in [4.78, 5) is 13.4. The fraction of sp³-hybridized carbons (Fsp3) is 0.375. The number of hydrogen-bond acceptors (Lipinski definition) is 13. The Morgan fingerprint density at radius 1 is 0.865 bits per heavy atom. The molecule has 1 aliphatic rings. The molecule has 1 aliphatic heterocycles. The molecule has 4 rings (SSSR count). The van der Waals surface area contributed by atoms with Crippen LogP contribution in [0, 0.1) is 0 Å². The Kier molecular flexibility index (Phi) is 7.34. The van der Waals surface area contributed by atoms with Crippen LogP contribution in [0.15, 0.2) is 33.7 Å². The molecule has 13 nitrogen and oxygen atoms in total. The number of aliphatic hydroxyl groups excluding tert-OH is 4.